The monoisotopic (exact) mass is 458 g/mol. The van der Waals surface area contributed by atoms with Gasteiger partial charge in [0.05, 0.1) is 5.70 Å². The van der Waals surface area contributed by atoms with Gasteiger partial charge in [-0.2, -0.15) is 4.68 Å². The Hall–Kier alpha value is -4.40. The summed E-state index contributed by atoms with van der Waals surface area (Å²) >= 11 is 0. The molecule has 1 aliphatic rings. The molecule has 0 saturated carbocycles. The minimum Gasteiger partial charge on any atom is -0.324 e. The number of benzene rings is 3. The van der Waals surface area contributed by atoms with E-state index in [0.29, 0.717) is 5.95 Å². The Morgan fingerprint density at radius 1 is 1.00 bits per heavy atom. The molecule has 0 aliphatic carbocycles. The van der Waals surface area contributed by atoms with Crippen LogP contribution in [0.4, 0.5) is 20.4 Å². The highest BCUT2D eigenvalue weighted by Crippen LogP contribution is 2.36. The van der Waals surface area contributed by atoms with Crippen LogP contribution in [0.15, 0.2) is 78.9 Å². The molecule has 3 aromatic carbocycles. The van der Waals surface area contributed by atoms with E-state index in [1.165, 1.54) is 0 Å². The van der Waals surface area contributed by atoms with E-state index in [1.54, 1.807) is 9.58 Å². The summed E-state index contributed by atoms with van der Waals surface area (Å²) in [6.07, 6.45) is 2.00. The first-order valence-electron chi connectivity index (χ1n) is 10.6. The van der Waals surface area contributed by atoms with E-state index in [9.17, 15) is 13.6 Å². The lowest BCUT2D eigenvalue weighted by Gasteiger charge is -2.32. The Balaban J connectivity index is 1.52. The lowest BCUT2D eigenvalue weighted by atomic mass is 10.00. The predicted molar refractivity (Wildman–Crippen MR) is 124 cm³/mol. The Kier molecular flexibility index (Phi) is 5.59. The molecule has 0 fully saturated rings. The van der Waals surface area contributed by atoms with Crippen LogP contribution < -0.4 is 10.2 Å². The number of nitrogens with zero attached hydrogens (tertiary/aromatic N) is 5. The third-order valence-corrected chi connectivity index (χ3v) is 5.52. The molecular formula is C25H20F2N6O. The molecule has 1 N–H and O–H groups in total. The van der Waals surface area contributed by atoms with Crippen molar-refractivity contribution in [2.75, 3.05) is 16.8 Å². The van der Waals surface area contributed by atoms with Gasteiger partial charge in [-0.3, -0.25) is 9.69 Å². The van der Waals surface area contributed by atoms with Gasteiger partial charge < -0.3 is 5.32 Å². The van der Waals surface area contributed by atoms with Crippen LogP contribution in [0.5, 0.6) is 0 Å². The van der Waals surface area contributed by atoms with Crippen LogP contribution >= 0.6 is 0 Å². The number of allylic oxidation sites excluding steroid dienone is 1. The maximum absolute atomic E-state index is 13.6. The van der Waals surface area contributed by atoms with Crippen molar-refractivity contribution in [1.82, 2.24) is 20.2 Å². The van der Waals surface area contributed by atoms with Crippen molar-refractivity contribution in [1.29, 1.82) is 0 Å². The van der Waals surface area contributed by atoms with E-state index < -0.39 is 17.5 Å². The second-order valence-corrected chi connectivity index (χ2v) is 7.99. The van der Waals surface area contributed by atoms with Crippen molar-refractivity contribution in [3.05, 3.63) is 107 Å². The average molecular weight is 458 g/mol. The summed E-state index contributed by atoms with van der Waals surface area (Å²) in [7, 11) is 0. The Morgan fingerprint density at radius 2 is 1.71 bits per heavy atom. The topological polar surface area (TPSA) is 75.9 Å². The SMILES string of the molecule is Cc1ccc(C2C=C(c3ccccc3)N(CC(=O)Nc3cc(F)cc(F)c3)c3nnnn32)cc1. The van der Waals surface area contributed by atoms with Crippen LogP contribution in [0.1, 0.15) is 22.7 Å². The number of anilines is 2. The highest BCUT2D eigenvalue weighted by molar-refractivity contribution is 5.97. The van der Waals surface area contributed by atoms with E-state index in [-0.39, 0.29) is 18.3 Å². The summed E-state index contributed by atoms with van der Waals surface area (Å²) in [5.74, 6) is -1.64. The molecule has 9 heteroatoms. The van der Waals surface area contributed by atoms with Gasteiger partial charge >= 0.3 is 0 Å². The third-order valence-electron chi connectivity index (χ3n) is 5.52. The molecule has 170 valence electrons. The zero-order valence-electron chi connectivity index (χ0n) is 18.2. The summed E-state index contributed by atoms with van der Waals surface area (Å²) in [5.41, 5.74) is 3.78. The summed E-state index contributed by atoms with van der Waals surface area (Å²) in [6.45, 7) is 1.85. The second-order valence-electron chi connectivity index (χ2n) is 7.99. The van der Waals surface area contributed by atoms with Crippen molar-refractivity contribution in [2.24, 2.45) is 0 Å². The highest BCUT2D eigenvalue weighted by Gasteiger charge is 2.32. The zero-order valence-corrected chi connectivity index (χ0v) is 18.2. The predicted octanol–water partition coefficient (Wildman–Crippen LogP) is 4.35. The van der Waals surface area contributed by atoms with Gasteiger partial charge in [-0.25, -0.2) is 8.78 Å². The molecule has 4 aromatic rings. The molecule has 1 aromatic heterocycles. The molecule has 7 nitrogen and oxygen atoms in total. The van der Waals surface area contributed by atoms with Gasteiger partial charge in [-0.15, -0.1) is 0 Å². The van der Waals surface area contributed by atoms with Crippen LogP contribution in [0.25, 0.3) is 5.70 Å². The second kappa shape index (κ2) is 8.86. The minimum atomic E-state index is -0.775. The van der Waals surface area contributed by atoms with Gasteiger partial charge in [0, 0.05) is 11.8 Å². The molecule has 2 heterocycles. The average Bonchev–Trinajstić information content (AvgIpc) is 3.30. The Labute approximate surface area is 194 Å². The van der Waals surface area contributed by atoms with E-state index in [1.807, 2.05) is 67.6 Å². The fraction of sp³-hybridized carbons (Fsp3) is 0.120. The standard InChI is InChI=1S/C25H20F2N6O/c1-16-7-9-18(10-8-16)23-14-22(17-5-3-2-4-6-17)32(25-29-30-31-33(23)25)15-24(34)28-21-12-19(26)11-20(27)13-21/h2-14,23H,15H2,1H3,(H,28,34). The minimum absolute atomic E-state index is 0.0295. The van der Waals surface area contributed by atoms with Gasteiger partial charge in [-0.05, 0) is 46.7 Å². The number of rotatable bonds is 5. The molecular weight excluding hydrogens is 438 g/mol. The number of hydrogen-bond acceptors (Lipinski definition) is 5. The van der Waals surface area contributed by atoms with Crippen molar-refractivity contribution in [3.63, 3.8) is 0 Å². The number of carbonyl (C=O) groups excluding carboxylic acids is 1. The lowest BCUT2D eigenvalue weighted by molar-refractivity contribution is -0.114. The fourth-order valence-corrected chi connectivity index (χ4v) is 3.95. The normalized spacial score (nSPS) is 15.0. The number of halogens is 2. The number of hydrogen-bond donors (Lipinski definition) is 1. The maximum atomic E-state index is 13.6. The van der Waals surface area contributed by atoms with Crippen LogP contribution in [-0.2, 0) is 4.79 Å². The summed E-state index contributed by atoms with van der Waals surface area (Å²) in [4.78, 5) is 14.6. The molecule has 1 amide bonds. The fourth-order valence-electron chi connectivity index (χ4n) is 3.95. The first-order valence-corrected chi connectivity index (χ1v) is 10.6. The molecule has 0 radical (unpaired) electrons. The van der Waals surface area contributed by atoms with Crippen molar-refractivity contribution in [2.45, 2.75) is 13.0 Å². The lowest BCUT2D eigenvalue weighted by Crippen LogP contribution is -2.37. The van der Waals surface area contributed by atoms with Gasteiger partial charge in [0.15, 0.2) is 0 Å². The number of nitrogens with one attached hydrogen (secondary N) is 1. The van der Waals surface area contributed by atoms with Gasteiger partial charge in [-0.1, -0.05) is 65.3 Å². The molecule has 0 bridgehead atoms. The van der Waals surface area contributed by atoms with Crippen LogP contribution in [0, 0.1) is 18.6 Å². The summed E-state index contributed by atoms with van der Waals surface area (Å²) in [6, 6.07) is 20.2. The number of amides is 1. The smallest absolute Gasteiger partial charge is 0.251 e. The van der Waals surface area contributed by atoms with Crippen LogP contribution in [0.2, 0.25) is 0 Å². The van der Waals surface area contributed by atoms with Crippen molar-refractivity contribution < 1.29 is 13.6 Å². The van der Waals surface area contributed by atoms with Gasteiger partial charge in [0.1, 0.15) is 24.2 Å². The number of tetrazole rings is 1. The van der Waals surface area contributed by atoms with Crippen molar-refractivity contribution >= 4 is 23.2 Å². The Bertz CT molecular complexity index is 1350. The molecule has 1 atom stereocenters. The van der Waals surface area contributed by atoms with Crippen LogP contribution in [-0.4, -0.2) is 32.7 Å². The third kappa shape index (κ3) is 4.27. The van der Waals surface area contributed by atoms with Gasteiger partial charge in [0.25, 0.3) is 5.95 Å². The quantitative estimate of drug-likeness (QED) is 0.481. The van der Waals surface area contributed by atoms with E-state index in [2.05, 4.69) is 20.8 Å². The molecule has 1 aliphatic heterocycles. The number of carbonyl (C=O) groups is 1. The first kappa shape index (κ1) is 21.4. The molecule has 0 saturated heterocycles. The largest absolute Gasteiger partial charge is 0.324 e. The maximum Gasteiger partial charge on any atom is 0.251 e. The molecule has 5 rings (SSSR count). The highest BCUT2D eigenvalue weighted by atomic mass is 19.1. The van der Waals surface area contributed by atoms with Crippen molar-refractivity contribution in [3.8, 4) is 0 Å². The molecule has 0 spiro atoms. The first-order chi connectivity index (χ1) is 16.5. The summed E-state index contributed by atoms with van der Waals surface area (Å²) < 4.78 is 28.8. The number of fused-ring (bicyclic) bond motifs is 1. The molecule has 34 heavy (non-hydrogen) atoms. The Morgan fingerprint density at radius 3 is 2.41 bits per heavy atom. The molecule has 1 unspecified atom stereocenters. The van der Waals surface area contributed by atoms with Crippen LogP contribution in [0.3, 0.4) is 0 Å². The van der Waals surface area contributed by atoms with Gasteiger partial charge in [0.2, 0.25) is 5.91 Å². The van der Waals surface area contributed by atoms with E-state index in [4.69, 9.17) is 0 Å². The summed E-state index contributed by atoms with van der Waals surface area (Å²) in [5, 5.41) is 14.7. The number of aromatic nitrogens is 4. The zero-order chi connectivity index (χ0) is 23.7. The number of aryl methyl sites for hydroxylation is 1. The van der Waals surface area contributed by atoms with E-state index >= 15 is 0 Å². The van der Waals surface area contributed by atoms with E-state index in [0.717, 1.165) is 40.6 Å².